The highest BCUT2D eigenvalue weighted by atomic mass is 32.2. The SMILES string of the molecule is CCN1CCN(c2ccc(CNS(=O)(=O)N3CCCCC3C)cn2)CC1. The first-order chi connectivity index (χ1) is 12.5. The summed E-state index contributed by atoms with van der Waals surface area (Å²) in [4.78, 5) is 9.26. The minimum absolute atomic E-state index is 0.0727. The molecule has 1 N–H and O–H groups in total. The molecule has 7 nitrogen and oxygen atoms in total. The molecule has 0 aromatic carbocycles. The smallest absolute Gasteiger partial charge is 0.279 e. The molecular weight excluding hydrogens is 350 g/mol. The summed E-state index contributed by atoms with van der Waals surface area (Å²) in [5.74, 6) is 0.969. The van der Waals surface area contributed by atoms with Gasteiger partial charge >= 0.3 is 0 Å². The number of anilines is 1. The van der Waals surface area contributed by atoms with E-state index < -0.39 is 10.2 Å². The van der Waals surface area contributed by atoms with E-state index in [1.165, 1.54) is 0 Å². The molecule has 2 aliphatic heterocycles. The van der Waals surface area contributed by atoms with Crippen molar-refractivity contribution in [2.45, 2.75) is 45.7 Å². The third kappa shape index (κ3) is 4.73. The minimum Gasteiger partial charge on any atom is -0.354 e. The van der Waals surface area contributed by atoms with Crippen LogP contribution in [-0.2, 0) is 16.8 Å². The van der Waals surface area contributed by atoms with Crippen LogP contribution in [0.25, 0.3) is 0 Å². The lowest BCUT2D eigenvalue weighted by Crippen LogP contribution is -2.47. The largest absolute Gasteiger partial charge is 0.354 e. The van der Waals surface area contributed by atoms with Gasteiger partial charge in [-0.25, -0.2) is 4.98 Å². The number of likely N-dealkylation sites (N-methyl/N-ethyl adjacent to an activating group) is 1. The van der Waals surface area contributed by atoms with Crippen LogP contribution in [0.5, 0.6) is 0 Å². The van der Waals surface area contributed by atoms with Crippen LogP contribution in [-0.4, -0.2) is 67.9 Å². The molecule has 2 aliphatic rings. The fourth-order valence-electron chi connectivity index (χ4n) is 3.69. The Kier molecular flexibility index (Phi) is 6.50. The summed E-state index contributed by atoms with van der Waals surface area (Å²) < 4.78 is 29.4. The second-order valence-electron chi connectivity index (χ2n) is 7.23. The third-order valence-corrected chi connectivity index (χ3v) is 7.13. The Morgan fingerprint density at radius 3 is 2.54 bits per heavy atom. The van der Waals surface area contributed by atoms with Crippen LogP contribution >= 0.6 is 0 Å². The van der Waals surface area contributed by atoms with E-state index in [2.05, 4.69) is 26.4 Å². The van der Waals surface area contributed by atoms with Crippen molar-refractivity contribution >= 4 is 16.0 Å². The number of hydrogen-bond acceptors (Lipinski definition) is 5. The van der Waals surface area contributed by atoms with Gasteiger partial charge in [-0.1, -0.05) is 19.4 Å². The normalized spacial score (nSPS) is 23.3. The van der Waals surface area contributed by atoms with Gasteiger partial charge in [0.15, 0.2) is 0 Å². The van der Waals surface area contributed by atoms with E-state index in [0.29, 0.717) is 6.54 Å². The van der Waals surface area contributed by atoms with E-state index >= 15 is 0 Å². The Morgan fingerprint density at radius 1 is 1.15 bits per heavy atom. The fraction of sp³-hybridized carbons (Fsp3) is 0.722. The Balaban J connectivity index is 1.54. The zero-order chi connectivity index (χ0) is 18.6. The fourth-order valence-corrected chi connectivity index (χ4v) is 5.15. The predicted octanol–water partition coefficient (Wildman–Crippen LogP) is 1.43. The third-order valence-electron chi connectivity index (χ3n) is 5.46. The lowest BCUT2D eigenvalue weighted by atomic mass is 10.1. The van der Waals surface area contributed by atoms with Crippen molar-refractivity contribution in [2.24, 2.45) is 0 Å². The molecular formula is C18H31N5O2S. The number of nitrogens with one attached hydrogen (secondary N) is 1. The van der Waals surface area contributed by atoms with Crippen molar-refractivity contribution < 1.29 is 8.42 Å². The number of hydrogen-bond donors (Lipinski definition) is 1. The van der Waals surface area contributed by atoms with E-state index in [1.54, 1.807) is 10.5 Å². The molecule has 0 bridgehead atoms. The highest BCUT2D eigenvalue weighted by Gasteiger charge is 2.29. The summed E-state index contributed by atoms with van der Waals surface area (Å²) in [6.45, 7) is 10.2. The molecule has 0 radical (unpaired) electrons. The molecule has 2 fully saturated rings. The zero-order valence-electron chi connectivity index (χ0n) is 15.9. The van der Waals surface area contributed by atoms with Crippen molar-refractivity contribution in [3.05, 3.63) is 23.9 Å². The van der Waals surface area contributed by atoms with E-state index in [9.17, 15) is 8.42 Å². The molecule has 2 saturated heterocycles. The number of piperazine rings is 1. The first-order valence-electron chi connectivity index (χ1n) is 9.68. The monoisotopic (exact) mass is 381 g/mol. The quantitative estimate of drug-likeness (QED) is 0.807. The van der Waals surface area contributed by atoms with Crippen molar-refractivity contribution in [3.63, 3.8) is 0 Å². The van der Waals surface area contributed by atoms with Gasteiger partial charge < -0.3 is 9.80 Å². The van der Waals surface area contributed by atoms with Crippen molar-refractivity contribution in [2.75, 3.05) is 44.2 Å². The second kappa shape index (κ2) is 8.65. The van der Waals surface area contributed by atoms with Crippen molar-refractivity contribution in [1.29, 1.82) is 0 Å². The minimum atomic E-state index is -3.43. The van der Waals surface area contributed by atoms with Crippen molar-refractivity contribution in [1.82, 2.24) is 18.9 Å². The second-order valence-corrected chi connectivity index (χ2v) is 8.94. The van der Waals surface area contributed by atoms with Gasteiger partial charge in [-0.2, -0.15) is 17.4 Å². The summed E-state index contributed by atoms with van der Waals surface area (Å²) in [7, 11) is -3.43. The Morgan fingerprint density at radius 2 is 1.92 bits per heavy atom. The topological polar surface area (TPSA) is 68.8 Å². The maximum absolute atomic E-state index is 12.5. The highest BCUT2D eigenvalue weighted by Crippen LogP contribution is 2.19. The molecule has 1 aromatic rings. The average molecular weight is 382 g/mol. The van der Waals surface area contributed by atoms with E-state index in [-0.39, 0.29) is 12.6 Å². The number of pyridine rings is 1. The van der Waals surface area contributed by atoms with Crippen LogP contribution < -0.4 is 9.62 Å². The molecule has 26 heavy (non-hydrogen) atoms. The van der Waals surface area contributed by atoms with Crippen LogP contribution in [0.4, 0.5) is 5.82 Å². The number of nitrogens with zero attached hydrogens (tertiary/aromatic N) is 4. The van der Waals surface area contributed by atoms with E-state index in [1.807, 2.05) is 19.1 Å². The zero-order valence-corrected chi connectivity index (χ0v) is 16.7. The van der Waals surface area contributed by atoms with Gasteiger partial charge in [0.1, 0.15) is 5.82 Å². The number of piperidine rings is 1. The van der Waals surface area contributed by atoms with Gasteiger partial charge in [0.05, 0.1) is 0 Å². The lowest BCUT2D eigenvalue weighted by Gasteiger charge is -2.34. The maximum Gasteiger partial charge on any atom is 0.279 e. The Hall–Kier alpha value is -1.22. The molecule has 8 heteroatoms. The molecule has 0 amide bonds. The molecule has 1 atom stereocenters. The lowest BCUT2D eigenvalue weighted by molar-refractivity contribution is 0.265. The highest BCUT2D eigenvalue weighted by molar-refractivity contribution is 7.87. The van der Waals surface area contributed by atoms with Crippen LogP contribution in [0.3, 0.4) is 0 Å². The van der Waals surface area contributed by atoms with E-state index in [0.717, 1.165) is 63.4 Å². The molecule has 0 spiro atoms. The standard InChI is InChI=1S/C18H31N5O2S/c1-3-21-10-12-22(13-11-21)18-8-7-17(14-19-18)15-20-26(24,25)23-9-5-4-6-16(23)2/h7-8,14,16,20H,3-6,9-13,15H2,1-2H3. The summed E-state index contributed by atoms with van der Waals surface area (Å²) in [6, 6.07) is 4.04. The van der Waals surface area contributed by atoms with Gasteiger partial charge in [-0.3, -0.25) is 0 Å². The Labute approximate surface area is 157 Å². The van der Waals surface area contributed by atoms with Crippen LogP contribution in [0, 0.1) is 0 Å². The summed E-state index contributed by atoms with van der Waals surface area (Å²) in [5.41, 5.74) is 0.884. The first kappa shape index (κ1) is 19.5. The Bertz CT molecular complexity index is 671. The average Bonchev–Trinajstić information content (AvgIpc) is 2.67. The predicted molar refractivity (Wildman–Crippen MR) is 104 cm³/mol. The maximum atomic E-state index is 12.5. The van der Waals surface area contributed by atoms with Gasteiger partial charge in [0, 0.05) is 51.5 Å². The molecule has 0 aliphatic carbocycles. The molecule has 3 heterocycles. The molecule has 1 aromatic heterocycles. The first-order valence-corrected chi connectivity index (χ1v) is 11.1. The number of rotatable bonds is 6. The molecule has 146 valence electrons. The molecule has 0 saturated carbocycles. The number of aromatic nitrogens is 1. The van der Waals surface area contributed by atoms with E-state index in [4.69, 9.17) is 0 Å². The van der Waals surface area contributed by atoms with Gasteiger partial charge in [-0.05, 0) is 37.9 Å². The van der Waals surface area contributed by atoms with Gasteiger partial charge in [0.25, 0.3) is 10.2 Å². The van der Waals surface area contributed by atoms with Crippen LogP contribution in [0.15, 0.2) is 18.3 Å². The summed E-state index contributed by atoms with van der Waals surface area (Å²) in [6.07, 6.45) is 4.75. The summed E-state index contributed by atoms with van der Waals surface area (Å²) >= 11 is 0. The summed E-state index contributed by atoms with van der Waals surface area (Å²) in [5, 5.41) is 0. The van der Waals surface area contributed by atoms with Gasteiger partial charge in [0.2, 0.25) is 0 Å². The van der Waals surface area contributed by atoms with Crippen LogP contribution in [0.2, 0.25) is 0 Å². The molecule has 1 unspecified atom stereocenters. The van der Waals surface area contributed by atoms with Gasteiger partial charge in [-0.15, -0.1) is 0 Å². The molecule has 3 rings (SSSR count). The van der Waals surface area contributed by atoms with Crippen LogP contribution in [0.1, 0.15) is 38.7 Å². The van der Waals surface area contributed by atoms with Crippen molar-refractivity contribution in [3.8, 4) is 0 Å².